The molecule has 0 aliphatic heterocycles. The molecule has 2 unspecified atom stereocenters. The van der Waals surface area contributed by atoms with Crippen LogP contribution in [0.5, 0.6) is 0 Å². The van der Waals surface area contributed by atoms with Crippen LogP contribution in [0.25, 0.3) is 0 Å². The summed E-state index contributed by atoms with van der Waals surface area (Å²) >= 11 is 7.33. The average Bonchev–Trinajstić information content (AvgIpc) is 2.80. The van der Waals surface area contributed by atoms with Crippen LogP contribution in [0.3, 0.4) is 0 Å². The van der Waals surface area contributed by atoms with Gasteiger partial charge in [-0.25, -0.2) is 4.79 Å². The number of rotatable bonds is 11. The molecule has 0 aromatic heterocycles. The van der Waals surface area contributed by atoms with E-state index in [1.807, 2.05) is 6.26 Å². The molecular weight excluding hydrogens is 470 g/mol. The molecule has 0 spiro atoms. The molecule has 2 rings (SSSR count). The Morgan fingerprint density at radius 3 is 2.48 bits per heavy atom. The summed E-state index contributed by atoms with van der Waals surface area (Å²) in [4.78, 5) is 47.6. The van der Waals surface area contributed by atoms with Gasteiger partial charge in [0.2, 0.25) is 0 Å². The van der Waals surface area contributed by atoms with E-state index in [2.05, 4.69) is 10.6 Å². The molecule has 33 heavy (non-hydrogen) atoms. The van der Waals surface area contributed by atoms with Crippen molar-refractivity contribution in [3.8, 4) is 0 Å². The van der Waals surface area contributed by atoms with Crippen LogP contribution in [0.2, 0.25) is 5.02 Å². The van der Waals surface area contributed by atoms with Crippen LogP contribution in [-0.4, -0.2) is 47.4 Å². The monoisotopic (exact) mass is 493 g/mol. The number of ether oxygens (including phenoxy) is 1. The zero-order chi connectivity index (χ0) is 24.4. The number of benzene rings is 2. The fraction of sp³-hybridized carbons (Fsp3) is 0.318. The molecule has 2 aromatic rings. The smallest absolute Gasteiger partial charge is 0.329 e. The second-order valence-electron chi connectivity index (χ2n) is 7.06. The normalized spacial score (nSPS) is 12.3. The van der Waals surface area contributed by atoms with E-state index in [9.17, 15) is 24.5 Å². The van der Waals surface area contributed by atoms with Crippen LogP contribution in [0.4, 0.5) is 5.69 Å². The highest BCUT2D eigenvalue weighted by Gasteiger charge is 2.24. The van der Waals surface area contributed by atoms with E-state index in [0.717, 1.165) is 11.6 Å². The van der Waals surface area contributed by atoms with Crippen LogP contribution < -0.4 is 10.6 Å². The number of nitrogens with zero attached hydrogens (tertiary/aromatic N) is 1. The van der Waals surface area contributed by atoms with Gasteiger partial charge in [0.25, 0.3) is 17.5 Å². The van der Waals surface area contributed by atoms with Gasteiger partial charge in [-0.05, 0) is 49.1 Å². The molecule has 176 valence electrons. The molecule has 0 aliphatic carbocycles. The summed E-state index contributed by atoms with van der Waals surface area (Å²) in [6.45, 7) is 1.27. The fourth-order valence-corrected chi connectivity index (χ4v) is 3.44. The predicted molar refractivity (Wildman–Crippen MR) is 126 cm³/mol. The number of amides is 2. The lowest BCUT2D eigenvalue weighted by molar-refractivity contribution is -0.384. The first kappa shape index (κ1) is 26.1. The molecule has 11 heteroatoms. The summed E-state index contributed by atoms with van der Waals surface area (Å²) < 4.78 is 5.11. The molecule has 9 nitrogen and oxygen atoms in total. The van der Waals surface area contributed by atoms with Gasteiger partial charge in [-0.2, -0.15) is 11.8 Å². The third kappa shape index (κ3) is 8.39. The van der Waals surface area contributed by atoms with Gasteiger partial charge in [0.1, 0.15) is 6.04 Å². The maximum absolute atomic E-state index is 12.5. The van der Waals surface area contributed by atoms with Crippen molar-refractivity contribution in [1.82, 2.24) is 10.6 Å². The Labute approximate surface area is 200 Å². The molecule has 0 radical (unpaired) electrons. The molecule has 2 aromatic carbocycles. The number of carbonyl (C=O) groups excluding carboxylic acids is 3. The van der Waals surface area contributed by atoms with E-state index in [0.29, 0.717) is 10.8 Å². The fourth-order valence-electron chi connectivity index (χ4n) is 2.84. The Bertz CT molecular complexity index is 1000. The second-order valence-corrected chi connectivity index (χ2v) is 8.49. The number of carbonyl (C=O) groups is 3. The van der Waals surface area contributed by atoms with E-state index in [4.69, 9.17) is 16.3 Å². The van der Waals surface area contributed by atoms with E-state index in [-0.39, 0.29) is 23.7 Å². The number of hydrogen-bond acceptors (Lipinski definition) is 7. The number of nitro groups is 1. The van der Waals surface area contributed by atoms with Crippen molar-refractivity contribution in [1.29, 1.82) is 0 Å². The molecule has 0 fully saturated rings. The van der Waals surface area contributed by atoms with Gasteiger partial charge in [-0.15, -0.1) is 0 Å². The van der Waals surface area contributed by atoms with Crippen LogP contribution in [-0.2, 0) is 14.3 Å². The SMILES string of the molecule is CSCCC(NC(=O)c1cccc([N+](=O)[O-])c1)C(=O)OCC(=O)NC(C)c1ccc(Cl)cc1. The minimum atomic E-state index is -1.01. The highest BCUT2D eigenvalue weighted by Crippen LogP contribution is 2.16. The third-order valence-electron chi connectivity index (χ3n) is 4.61. The Morgan fingerprint density at radius 1 is 1.15 bits per heavy atom. The maximum atomic E-state index is 12.5. The number of halogens is 1. The van der Waals surface area contributed by atoms with Crippen molar-refractivity contribution in [2.75, 3.05) is 18.6 Å². The Balaban J connectivity index is 1.95. The molecule has 2 amide bonds. The second kappa shape index (κ2) is 12.8. The summed E-state index contributed by atoms with van der Waals surface area (Å²) in [5.74, 6) is -1.37. The molecule has 0 saturated heterocycles. The van der Waals surface area contributed by atoms with E-state index >= 15 is 0 Å². The van der Waals surface area contributed by atoms with Gasteiger partial charge in [0, 0.05) is 22.7 Å². The summed E-state index contributed by atoms with van der Waals surface area (Å²) in [6.07, 6.45) is 2.11. The Morgan fingerprint density at radius 2 is 1.85 bits per heavy atom. The van der Waals surface area contributed by atoms with Crippen LogP contribution in [0.15, 0.2) is 48.5 Å². The number of non-ortho nitro benzene ring substituents is 1. The average molecular weight is 494 g/mol. The zero-order valence-corrected chi connectivity index (χ0v) is 19.7. The highest BCUT2D eigenvalue weighted by atomic mass is 35.5. The van der Waals surface area contributed by atoms with Gasteiger partial charge >= 0.3 is 5.97 Å². The van der Waals surface area contributed by atoms with Crippen LogP contribution in [0.1, 0.15) is 35.3 Å². The van der Waals surface area contributed by atoms with Crippen LogP contribution in [0, 0.1) is 10.1 Å². The van der Waals surface area contributed by atoms with Gasteiger partial charge in [0.15, 0.2) is 6.61 Å². The van der Waals surface area contributed by atoms with Gasteiger partial charge in [-0.3, -0.25) is 19.7 Å². The molecule has 2 N–H and O–H groups in total. The van der Waals surface area contributed by atoms with Crippen molar-refractivity contribution in [2.45, 2.75) is 25.4 Å². The minimum absolute atomic E-state index is 0.0423. The van der Waals surface area contributed by atoms with E-state index < -0.39 is 35.4 Å². The number of esters is 1. The summed E-state index contributed by atoms with van der Waals surface area (Å²) in [5.41, 5.74) is 0.638. The topological polar surface area (TPSA) is 128 Å². The molecule has 0 saturated carbocycles. The highest BCUT2D eigenvalue weighted by molar-refractivity contribution is 7.98. The molecule has 0 heterocycles. The molecular formula is C22H24ClN3O6S. The number of hydrogen-bond donors (Lipinski definition) is 2. The van der Waals surface area contributed by atoms with Crippen LogP contribution >= 0.6 is 23.4 Å². The van der Waals surface area contributed by atoms with Crippen molar-refractivity contribution >= 4 is 46.8 Å². The van der Waals surface area contributed by atoms with Crippen molar-refractivity contribution < 1.29 is 24.0 Å². The molecule has 0 aliphatic rings. The predicted octanol–water partition coefficient (Wildman–Crippen LogP) is 3.52. The lowest BCUT2D eigenvalue weighted by atomic mass is 10.1. The quantitative estimate of drug-likeness (QED) is 0.278. The van der Waals surface area contributed by atoms with Crippen molar-refractivity contribution in [2.24, 2.45) is 0 Å². The van der Waals surface area contributed by atoms with Gasteiger partial charge in [-0.1, -0.05) is 29.8 Å². The van der Waals surface area contributed by atoms with E-state index in [1.54, 1.807) is 31.2 Å². The largest absolute Gasteiger partial charge is 0.454 e. The summed E-state index contributed by atoms with van der Waals surface area (Å²) in [5, 5.41) is 16.8. The molecule has 2 atom stereocenters. The van der Waals surface area contributed by atoms with E-state index in [1.165, 1.54) is 30.0 Å². The van der Waals surface area contributed by atoms with Gasteiger partial charge in [0.05, 0.1) is 11.0 Å². The lowest BCUT2D eigenvalue weighted by Gasteiger charge is -2.18. The zero-order valence-electron chi connectivity index (χ0n) is 18.1. The number of nitro benzene ring substituents is 1. The number of thioether (sulfide) groups is 1. The Hall–Kier alpha value is -3.11. The molecule has 0 bridgehead atoms. The first-order valence-corrected chi connectivity index (χ1v) is 11.7. The standard InChI is InChI=1S/C22H24ClN3O6S/c1-14(15-6-8-17(23)9-7-15)24-20(27)13-32-22(29)19(10-11-33-2)25-21(28)16-4-3-5-18(12-16)26(30)31/h3-9,12,14,19H,10-11,13H2,1-2H3,(H,24,27)(H,25,28). The van der Waals surface area contributed by atoms with Gasteiger partial charge < -0.3 is 15.4 Å². The van der Waals surface area contributed by atoms with Crippen molar-refractivity contribution in [3.63, 3.8) is 0 Å². The summed E-state index contributed by atoms with van der Waals surface area (Å²) in [6, 6.07) is 10.8. The first-order valence-electron chi connectivity index (χ1n) is 9.97. The summed E-state index contributed by atoms with van der Waals surface area (Å²) in [7, 11) is 0. The maximum Gasteiger partial charge on any atom is 0.329 e. The number of nitrogens with one attached hydrogen (secondary N) is 2. The minimum Gasteiger partial charge on any atom is -0.454 e. The van der Waals surface area contributed by atoms with Crippen molar-refractivity contribution in [3.05, 3.63) is 74.8 Å². The Kier molecular flexibility index (Phi) is 10.1. The third-order valence-corrected chi connectivity index (χ3v) is 5.51. The lowest BCUT2D eigenvalue weighted by Crippen LogP contribution is -2.43. The first-order chi connectivity index (χ1) is 15.7.